The van der Waals surface area contributed by atoms with Crippen LogP contribution in [0.2, 0.25) is 0 Å². The van der Waals surface area contributed by atoms with E-state index in [4.69, 9.17) is 5.11 Å². The molecule has 18 heavy (non-hydrogen) atoms. The van der Waals surface area contributed by atoms with Gasteiger partial charge >= 0.3 is 5.97 Å². The molecule has 4 heteroatoms. The highest BCUT2D eigenvalue weighted by molar-refractivity contribution is 5.66. The van der Waals surface area contributed by atoms with Crippen molar-refractivity contribution >= 4 is 5.97 Å². The van der Waals surface area contributed by atoms with E-state index in [0.717, 1.165) is 25.7 Å². The number of rotatable bonds is 9. The molecule has 0 saturated heterocycles. The number of nitrogens with one attached hydrogen (secondary N) is 1. The molecular formula is C14H25N2O2+. The lowest BCUT2D eigenvalue weighted by Crippen LogP contribution is -2.33. The normalized spacial score (nSPS) is 10.8. The zero-order valence-electron chi connectivity index (χ0n) is 11.5. The van der Waals surface area contributed by atoms with Gasteiger partial charge in [0.25, 0.3) is 5.82 Å². The molecule has 2 N–H and O–H groups in total. The molecule has 1 aromatic heterocycles. The molecule has 0 radical (unpaired) electrons. The maximum atomic E-state index is 10.3. The van der Waals surface area contributed by atoms with E-state index in [2.05, 4.69) is 29.7 Å². The third-order valence-electron chi connectivity index (χ3n) is 3.46. The van der Waals surface area contributed by atoms with Crippen LogP contribution in [0.3, 0.4) is 0 Å². The Hall–Kier alpha value is -1.32. The molecule has 0 aliphatic heterocycles. The van der Waals surface area contributed by atoms with E-state index in [1.807, 2.05) is 0 Å². The molecule has 1 aromatic rings. The molecule has 0 fully saturated rings. The second-order valence-electron chi connectivity index (χ2n) is 4.94. The summed E-state index contributed by atoms with van der Waals surface area (Å²) in [6.07, 6.45) is 10.2. The number of imidazole rings is 1. The number of hydrogen-bond acceptors (Lipinski definition) is 1. The highest BCUT2D eigenvalue weighted by atomic mass is 16.4. The van der Waals surface area contributed by atoms with Gasteiger partial charge in [-0.05, 0) is 12.8 Å². The second kappa shape index (κ2) is 7.90. The average molecular weight is 253 g/mol. The van der Waals surface area contributed by atoms with Crippen molar-refractivity contribution in [3.8, 4) is 0 Å². The molecular weight excluding hydrogens is 228 g/mol. The summed E-state index contributed by atoms with van der Waals surface area (Å²) in [5.41, 5.74) is 1.36. The van der Waals surface area contributed by atoms with E-state index in [-0.39, 0.29) is 0 Å². The van der Waals surface area contributed by atoms with Gasteiger partial charge in [0.15, 0.2) is 0 Å². The summed E-state index contributed by atoms with van der Waals surface area (Å²) in [6.45, 7) is 2.08. The average Bonchev–Trinajstić information content (AvgIpc) is 2.64. The molecule has 0 bridgehead atoms. The van der Waals surface area contributed by atoms with Gasteiger partial charge in [-0.25, -0.2) is 9.55 Å². The summed E-state index contributed by atoms with van der Waals surface area (Å²) in [6, 6.07) is 0. The Morgan fingerprint density at radius 3 is 2.39 bits per heavy atom. The van der Waals surface area contributed by atoms with Crippen molar-refractivity contribution < 1.29 is 14.5 Å². The van der Waals surface area contributed by atoms with Gasteiger partial charge < -0.3 is 5.11 Å². The van der Waals surface area contributed by atoms with Crippen LogP contribution in [0, 0.1) is 6.92 Å². The highest BCUT2D eigenvalue weighted by Gasteiger charge is 2.08. The number of nitrogens with zero attached hydrogens (tertiary/aromatic N) is 1. The van der Waals surface area contributed by atoms with Crippen LogP contribution in [0.25, 0.3) is 0 Å². The Balaban J connectivity index is 1.99. The smallest absolute Gasteiger partial charge is 0.303 e. The molecule has 0 spiro atoms. The van der Waals surface area contributed by atoms with E-state index in [1.165, 1.54) is 30.8 Å². The van der Waals surface area contributed by atoms with Crippen molar-refractivity contribution in [1.29, 1.82) is 0 Å². The number of unbranched alkanes of at least 4 members (excludes halogenated alkanes) is 5. The lowest BCUT2D eigenvalue weighted by Gasteiger charge is -2.00. The number of aromatic nitrogens is 2. The maximum Gasteiger partial charge on any atom is 0.303 e. The Labute approximate surface area is 109 Å². The van der Waals surface area contributed by atoms with Gasteiger partial charge in [-0.1, -0.05) is 25.7 Å². The largest absolute Gasteiger partial charge is 0.481 e. The molecule has 0 unspecified atom stereocenters. The Kier molecular flexibility index (Phi) is 6.47. The second-order valence-corrected chi connectivity index (χ2v) is 4.94. The van der Waals surface area contributed by atoms with Crippen molar-refractivity contribution in [3.63, 3.8) is 0 Å². The fourth-order valence-electron chi connectivity index (χ4n) is 2.13. The Bertz CT molecular complexity index is 372. The number of hydrogen-bond donors (Lipinski definition) is 2. The summed E-state index contributed by atoms with van der Waals surface area (Å²) in [7, 11) is 2.09. The van der Waals surface area contributed by atoms with Crippen LogP contribution in [0.5, 0.6) is 0 Å². The van der Waals surface area contributed by atoms with E-state index >= 15 is 0 Å². The number of carbonyl (C=O) groups is 1. The summed E-state index contributed by atoms with van der Waals surface area (Å²) in [5, 5.41) is 8.50. The van der Waals surface area contributed by atoms with Crippen LogP contribution in [-0.2, 0) is 18.3 Å². The lowest BCUT2D eigenvalue weighted by molar-refractivity contribution is -0.683. The first-order valence-electron chi connectivity index (χ1n) is 6.86. The van der Waals surface area contributed by atoms with Gasteiger partial charge in [0.05, 0.1) is 7.05 Å². The van der Waals surface area contributed by atoms with Crippen molar-refractivity contribution in [1.82, 2.24) is 4.98 Å². The van der Waals surface area contributed by atoms with E-state index in [1.54, 1.807) is 0 Å². The summed E-state index contributed by atoms with van der Waals surface area (Å²) in [4.78, 5) is 13.5. The Morgan fingerprint density at radius 2 is 1.83 bits per heavy atom. The van der Waals surface area contributed by atoms with Gasteiger partial charge in [-0.3, -0.25) is 4.79 Å². The lowest BCUT2D eigenvalue weighted by atomic mass is 10.1. The number of carboxylic acid groups (broad SMARTS) is 1. The quantitative estimate of drug-likeness (QED) is 0.525. The minimum atomic E-state index is -0.676. The van der Waals surface area contributed by atoms with Crippen LogP contribution < -0.4 is 4.57 Å². The summed E-state index contributed by atoms with van der Waals surface area (Å²) < 4.78 is 2.20. The third-order valence-corrected chi connectivity index (χ3v) is 3.46. The molecule has 102 valence electrons. The summed E-state index contributed by atoms with van der Waals surface area (Å²) in [5.74, 6) is 0.518. The monoisotopic (exact) mass is 253 g/mol. The molecule has 4 nitrogen and oxygen atoms in total. The van der Waals surface area contributed by atoms with Gasteiger partial charge in [-0.2, -0.15) is 0 Å². The maximum absolute atomic E-state index is 10.3. The zero-order valence-corrected chi connectivity index (χ0v) is 11.5. The molecule has 0 aromatic carbocycles. The van der Waals surface area contributed by atoms with Crippen molar-refractivity contribution in [2.75, 3.05) is 0 Å². The molecule has 0 aliphatic carbocycles. The van der Waals surface area contributed by atoms with Crippen molar-refractivity contribution in [2.24, 2.45) is 7.05 Å². The third kappa shape index (κ3) is 5.34. The predicted octanol–water partition coefficient (Wildman–Crippen LogP) is 2.51. The molecule has 1 rings (SSSR count). The fourth-order valence-corrected chi connectivity index (χ4v) is 2.13. The fraction of sp³-hybridized carbons (Fsp3) is 0.714. The van der Waals surface area contributed by atoms with Crippen molar-refractivity contribution in [3.05, 3.63) is 17.7 Å². The zero-order chi connectivity index (χ0) is 13.4. The topological polar surface area (TPSA) is 57.0 Å². The van der Waals surface area contributed by atoms with Gasteiger partial charge in [-0.15, -0.1) is 0 Å². The Morgan fingerprint density at radius 1 is 1.22 bits per heavy atom. The number of H-pyrrole nitrogens is 1. The minimum Gasteiger partial charge on any atom is -0.481 e. The highest BCUT2D eigenvalue weighted by Crippen LogP contribution is 2.09. The predicted molar refractivity (Wildman–Crippen MR) is 70.4 cm³/mol. The molecule has 0 aliphatic rings. The standard InChI is InChI=1S/C14H24N2O2/c1-12-15-11-13(16(12)2)9-7-5-3-4-6-8-10-14(17)18/h11H,3-10H2,1-2H3,(H,17,18)/p+1. The van der Waals surface area contributed by atoms with Gasteiger partial charge in [0.2, 0.25) is 0 Å². The molecule has 0 atom stereocenters. The summed E-state index contributed by atoms with van der Waals surface area (Å²) >= 11 is 0. The van der Waals surface area contributed by atoms with Crippen LogP contribution in [0.1, 0.15) is 56.5 Å². The van der Waals surface area contributed by atoms with Crippen LogP contribution >= 0.6 is 0 Å². The first-order valence-corrected chi connectivity index (χ1v) is 6.86. The number of aromatic amines is 1. The SMILES string of the molecule is Cc1[nH]cc(CCCCCCCCC(=O)O)[n+]1C. The molecule has 1 heterocycles. The molecule has 0 saturated carbocycles. The number of aryl methyl sites for hydroxylation is 2. The van der Waals surface area contributed by atoms with Crippen molar-refractivity contribution in [2.45, 2.75) is 58.3 Å². The van der Waals surface area contributed by atoms with E-state index in [9.17, 15) is 4.79 Å². The van der Waals surface area contributed by atoms with Gasteiger partial charge in [0.1, 0.15) is 11.9 Å². The number of aliphatic carboxylic acids is 1. The first kappa shape index (κ1) is 14.7. The molecule has 0 amide bonds. The van der Waals surface area contributed by atoms with Crippen LogP contribution in [0.15, 0.2) is 6.20 Å². The van der Waals surface area contributed by atoms with E-state index in [0.29, 0.717) is 6.42 Å². The number of carboxylic acids is 1. The minimum absolute atomic E-state index is 0.318. The van der Waals surface area contributed by atoms with Crippen LogP contribution in [-0.4, -0.2) is 16.1 Å². The van der Waals surface area contributed by atoms with Gasteiger partial charge in [0, 0.05) is 19.8 Å². The van der Waals surface area contributed by atoms with Crippen LogP contribution in [0.4, 0.5) is 0 Å². The first-order chi connectivity index (χ1) is 8.61. The van der Waals surface area contributed by atoms with E-state index < -0.39 is 5.97 Å².